The van der Waals surface area contributed by atoms with Crippen LogP contribution in [-0.4, -0.2) is 33.1 Å². The highest BCUT2D eigenvalue weighted by Gasteiger charge is 2.33. The predicted molar refractivity (Wildman–Crippen MR) is 65.6 cm³/mol. The number of carbonyl (C=O) groups is 3. The molecule has 0 unspecified atom stereocenters. The molecular formula is C11H8N4O6. The number of rotatable bonds is 4. The van der Waals surface area contributed by atoms with Gasteiger partial charge in [0, 0.05) is 17.8 Å². The fourth-order valence-electron chi connectivity index (χ4n) is 1.70. The molecule has 0 radical (unpaired) electrons. The number of azide groups is 1. The summed E-state index contributed by atoms with van der Waals surface area (Å²) >= 11 is 0. The first kappa shape index (κ1) is 14.2. The van der Waals surface area contributed by atoms with Gasteiger partial charge in [-0.2, -0.15) is 0 Å². The van der Waals surface area contributed by atoms with E-state index in [1.807, 2.05) is 0 Å². The molecule has 0 saturated carbocycles. The molecule has 0 atom stereocenters. The number of imide groups is 1. The van der Waals surface area contributed by atoms with Crippen LogP contribution >= 0.6 is 0 Å². The van der Waals surface area contributed by atoms with E-state index in [1.54, 1.807) is 0 Å². The lowest BCUT2D eigenvalue weighted by atomic mass is 10.1. The number of hydroxylamine groups is 2. The van der Waals surface area contributed by atoms with E-state index in [4.69, 9.17) is 15.5 Å². The highest BCUT2D eigenvalue weighted by molar-refractivity contribution is 6.01. The average Bonchev–Trinajstić information content (AvgIpc) is 2.74. The van der Waals surface area contributed by atoms with E-state index in [-0.39, 0.29) is 18.5 Å². The topological polar surface area (TPSA) is 153 Å². The Kier molecular flexibility index (Phi) is 3.63. The van der Waals surface area contributed by atoms with Crippen molar-refractivity contribution >= 4 is 23.5 Å². The second-order valence-corrected chi connectivity index (χ2v) is 3.98. The minimum absolute atomic E-state index is 0.0714. The average molecular weight is 292 g/mol. The summed E-state index contributed by atoms with van der Waals surface area (Å²) in [6.07, 6.45) is -0.143. The first-order valence-electron chi connectivity index (χ1n) is 5.63. The Balaban J connectivity index is 2.51. The number of nitrogens with zero attached hydrogens (tertiary/aromatic N) is 4. The molecule has 108 valence electrons. The fraction of sp³-hybridized carbons (Fsp3) is 0.182. The quantitative estimate of drug-likeness (QED) is 0.371. The van der Waals surface area contributed by atoms with Crippen LogP contribution in [0.15, 0.2) is 17.2 Å². The molecule has 1 saturated heterocycles. The maximum absolute atomic E-state index is 11.5. The van der Waals surface area contributed by atoms with Crippen LogP contribution in [0.25, 0.3) is 10.4 Å². The van der Waals surface area contributed by atoms with Crippen molar-refractivity contribution in [2.75, 3.05) is 0 Å². The summed E-state index contributed by atoms with van der Waals surface area (Å²) in [4.78, 5) is 41.4. The number of phenolic OH excluding ortho intramolecular Hbond substituents is 1. The monoisotopic (exact) mass is 292 g/mol. The lowest BCUT2D eigenvalue weighted by Crippen LogP contribution is -2.33. The first-order chi connectivity index (χ1) is 9.95. The van der Waals surface area contributed by atoms with Crippen molar-refractivity contribution in [2.24, 2.45) is 5.11 Å². The molecule has 0 bridgehead atoms. The second kappa shape index (κ2) is 5.39. The molecule has 21 heavy (non-hydrogen) atoms. The van der Waals surface area contributed by atoms with Crippen LogP contribution in [0.3, 0.4) is 0 Å². The van der Waals surface area contributed by atoms with Crippen LogP contribution < -0.4 is 4.84 Å². The van der Waals surface area contributed by atoms with Gasteiger partial charge in [-0.25, -0.2) is 4.79 Å². The third-order valence-electron chi connectivity index (χ3n) is 2.68. The normalized spacial score (nSPS) is 14.0. The third-order valence-corrected chi connectivity index (χ3v) is 2.68. The Morgan fingerprint density at radius 1 is 1.33 bits per heavy atom. The molecule has 1 aliphatic heterocycles. The lowest BCUT2D eigenvalue weighted by Gasteiger charge is -2.17. The molecule has 2 N–H and O–H groups in total. The van der Waals surface area contributed by atoms with Gasteiger partial charge in [-0.3, -0.25) is 9.59 Å². The number of phenols is 1. The molecule has 2 rings (SSSR count). The largest absolute Gasteiger partial charge is 0.504 e. The van der Waals surface area contributed by atoms with E-state index < -0.39 is 34.8 Å². The minimum atomic E-state index is -1.45. The zero-order valence-corrected chi connectivity index (χ0v) is 10.4. The number of carboxylic acids is 1. The molecule has 10 nitrogen and oxygen atoms in total. The van der Waals surface area contributed by atoms with Crippen molar-refractivity contribution in [1.29, 1.82) is 0 Å². The van der Waals surface area contributed by atoms with Gasteiger partial charge in [0.1, 0.15) is 5.56 Å². The molecule has 0 aliphatic carbocycles. The molecule has 1 fully saturated rings. The molecule has 2 amide bonds. The number of aromatic carboxylic acids is 1. The van der Waals surface area contributed by atoms with Gasteiger partial charge in [0.2, 0.25) is 5.75 Å². The predicted octanol–water partition coefficient (Wildman–Crippen LogP) is 1.47. The summed E-state index contributed by atoms with van der Waals surface area (Å²) in [5.41, 5.74) is 7.57. The van der Waals surface area contributed by atoms with Crippen molar-refractivity contribution in [1.82, 2.24) is 5.06 Å². The Morgan fingerprint density at radius 3 is 2.48 bits per heavy atom. The van der Waals surface area contributed by atoms with Gasteiger partial charge in [0.05, 0.1) is 5.69 Å². The summed E-state index contributed by atoms with van der Waals surface area (Å²) < 4.78 is 0. The summed E-state index contributed by atoms with van der Waals surface area (Å²) in [5.74, 6) is -4.20. The highest BCUT2D eigenvalue weighted by atomic mass is 16.7. The highest BCUT2D eigenvalue weighted by Crippen LogP contribution is 2.40. The maximum atomic E-state index is 11.5. The van der Waals surface area contributed by atoms with Crippen LogP contribution in [0.1, 0.15) is 23.2 Å². The smallest absolute Gasteiger partial charge is 0.339 e. The molecule has 0 spiro atoms. The Hall–Kier alpha value is -3.26. The van der Waals surface area contributed by atoms with Crippen molar-refractivity contribution in [3.05, 3.63) is 28.1 Å². The number of benzene rings is 1. The van der Waals surface area contributed by atoms with E-state index in [9.17, 15) is 19.5 Å². The van der Waals surface area contributed by atoms with Crippen molar-refractivity contribution in [2.45, 2.75) is 12.8 Å². The fourth-order valence-corrected chi connectivity index (χ4v) is 1.70. The SMILES string of the molecule is [N-]=[N+]=Nc1ccc(C(=O)O)c(ON2C(=O)CCC2=O)c1O. The van der Waals surface area contributed by atoms with E-state index >= 15 is 0 Å². The van der Waals surface area contributed by atoms with Crippen LogP contribution in [0, 0.1) is 0 Å². The molecule has 0 aromatic heterocycles. The standard InChI is InChI=1S/C11H8N4O6/c12-14-13-6-2-1-5(11(19)20)10(9(6)18)21-15-7(16)3-4-8(15)17/h1-2,18H,3-4H2,(H,19,20). The van der Waals surface area contributed by atoms with Crippen molar-refractivity contribution in [3.8, 4) is 11.5 Å². The van der Waals surface area contributed by atoms with E-state index in [0.717, 1.165) is 12.1 Å². The zero-order chi connectivity index (χ0) is 15.6. The molecule has 1 aromatic carbocycles. The van der Waals surface area contributed by atoms with Gasteiger partial charge in [-0.15, -0.1) is 5.06 Å². The number of aromatic hydroxyl groups is 1. The summed E-state index contributed by atoms with van der Waals surface area (Å²) in [5, 5.41) is 22.4. The second-order valence-electron chi connectivity index (χ2n) is 3.98. The number of hydrogen-bond donors (Lipinski definition) is 2. The van der Waals surface area contributed by atoms with Gasteiger partial charge in [-0.05, 0) is 17.7 Å². The van der Waals surface area contributed by atoms with Crippen LogP contribution in [-0.2, 0) is 9.59 Å². The van der Waals surface area contributed by atoms with Gasteiger partial charge in [0.25, 0.3) is 11.8 Å². The molecule has 10 heteroatoms. The van der Waals surface area contributed by atoms with Gasteiger partial charge < -0.3 is 15.1 Å². The zero-order valence-electron chi connectivity index (χ0n) is 10.4. The molecule has 1 aromatic rings. The molecule has 1 heterocycles. The summed E-state index contributed by atoms with van der Waals surface area (Å²) in [6.45, 7) is 0. The van der Waals surface area contributed by atoms with Gasteiger partial charge in [-0.1, -0.05) is 5.11 Å². The van der Waals surface area contributed by atoms with Crippen LogP contribution in [0.2, 0.25) is 0 Å². The molecular weight excluding hydrogens is 284 g/mol. The van der Waals surface area contributed by atoms with Gasteiger partial charge >= 0.3 is 5.97 Å². The van der Waals surface area contributed by atoms with E-state index in [2.05, 4.69) is 10.0 Å². The number of hydrogen-bond acceptors (Lipinski definition) is 6. The van der Waals surface area contributed by atoms with E-state index in [1.165, 1.54) is 0 Å². The van der Waals surface area contributed by atoms with Crippen LogP contribution in [0.4, 0.5) is 5.69 Å². The van der Waals surface area contributed by atoms with Crippen molar-refractivity contribution < 1.29 is 29.4 Å². The van der Waals surface area contributed by atoms with E-state index in [0.29, 0.717) is 5.06 Å². The molecule has 1 aliphatic rings. The Morgan fingerprint density at radius 2 is 1.95 bits per heavy atom. The van der Waals surface area contributed by atoms with Crippen molar-refractivity contribution in [3.63, 3.8) is 0 Å². The maximum Gasteiger partial charge on any atom is 0.339 e. The minimum Gasteiger partial charge on any atom is -0.504 e. The lowest BCUT2D eigenvalue weighted by molar-refractivity contribution is -0.164. The summed E-state index contributed by atoms with van der Waals surface area (Å²) in [7, 11) is 0. The summed E-state index contributed by atoms with van der Waals surface area (Å²) in [6, 6.07) is 2.09. The first-order valence-corrected chi connectivity index (χ1v) is 5.63. The van der Waals surface area contributed by atoms with Crippen LogP contribution in [0.5, 0.6) is 11.5 Å². The Bertz CT molecular complexity index is 678. The third kappa shape index (κ3) is 2.55. The number of amides is 2. The number of carboxylic acid groups (broad SMARTS) is 1. The number of carbonyl (C=O) groups excluding carboxylic acids is 2. The Labute approximate surface area is 116 Å². The van der Waals surface area contributed by atoms with Gasteiger partial charge in [0.15, 0.2) is 5.75 Å².